The lowest BCUT2D eigenvalue weighted by molar-refractivity contribution is 0.273. The second kappa shape index (κ2) is 4.05. The van der Waals surface area contributed by atoms with Crippen LogP contribution in [0.5, 0.6) is 0 Å². The van der Waals surface area contributed by atoms with Crippen molar-refractivity contribution in [2.24, 2.45) is 5.92 Å². The maximum absolute atomic E-state index is 10.9. The molecule has 0 amide bonds. The average Bonchev–Trinajstić information content (AvgIpc) is 1.76. The first kappa shape index (κ1) is 12.4. The normalized spacial score (nSPS) is 19.8. The van der Waals surface area contributed by atoms with Crippen molar-refractivity contribution in [1.82, 2.24) is 0 Å². The van der Waals surface area contributed by atoms with Gasteiger partial charge in [0, 0.05) is 0 Å². The Bertz CT molecular complexity index is 265. The minimum absolute atomic E-state index is 0.0558. The van der Waals surface area contributed by atoms with Crippen LogP contribution in [0.1, 0.15) is 25.7 Å². The zero-order valence-electron chi connectivity index (χ0n) is 7.48. The molecule has 0 atom stereocenters. The molecule has 0 heterocycles. The van der Waals surface area contributed by atoms with Gasteiger partial charge in [-0.1, -0.05) is 19.3 Å². The molecule has 0 saturated heterocycles. The first-order valence-electron chi connectivity index (χ1n) is 4.31. The van der Waals surface area contributed by atoms with E-state index in [2.05, 4.69) is 0 Å². The standard InChI is InChI=1S/C6H14O6P2/c7-13(8,9)6(14(10,11)12)4-5-2-1-3-5/h5-6H,1-4H2,(H2,7,8,9)(H2,10,11,12). The van der Waals surface area contributed by atoms with Gasteiger partial charge in [0.1, 0.15) is 0 Å². The summed E-state index contributed by atoms with van der Waals surface area (Å²) in [6.07, 6.45) is 2.50. The largest absolute Gasteiger partial charge is 0.340 e. The molecule has 84 valence electrons. The van der Waals surface area contributed by atoms with Crippen LogP contribution in [-0.4, -0.2) is 25.0 Å². The van der Waals surface area contributed by atoms with Crippen LogP contribution in [0, 0.1) is 5.92 Å². The summed E-state index contributed by atoms with van der Waals surface area (Å²) in [6, 6.07) is 0. The minimum Gasteiger partial charge on any atom is -0.324 e. The fourth-order valence-corrected chi connectivity index (χ4v) is 4.21. The van der Waals surface area contributed by atoms with Crippen LogP contribution in [-0.2, 0) is 9.13 Å². The third-order valence-electron chi connectivity index (χ3n) is 2.55. The second-order valence-electron chi connectivity index (χ2n) is 3.69. The van der Waals surface area contributed by atoms with Gasteiger partial charge in [0.2, 0.25) is 0 Å². The van der Waals surface area contributed by atoms with Crippen molar-refractivity contribution in [3.8, 4) is 0 Å². The highest BCUT2D eigenvalue weighted by molar-refractivity contribution is 7.70. The van der Waals surface area contributed by atoms with E-state index >= 15 is 0 Å². The highest BCUT2D eigenvalue weighted by Gasteiger charge is 2.45. The van der Waals surface area contributed by atoms with E-state index in [1.807, 2.05) is 0 Å². The summed E-state index contributed by atoms with van der Waals surface area (Å²) < 4.78 is 21.7. The molecule has 4 N–H and O–H groups in total. The van der Waals surface area contributed by atoms with Crippen molar-refractivity contribution < 1.29 is 28.7 Å². The summed E-state index contributed by atoms with van der Waals surface area (Å²) in [4.78, 5) is 35.2. The fraction of sp³-hybridized carbons (Fsp3) is 1.00. The summed E-state index contributed by atoms with van der Waals surface area (Å²) in [5.41, 5.74) is 0. The van der Waals surface area contributed by atoms with Gasteiger partial charge in [-0.05, 0) is 12.3 Å². The lowest BCUT2D eigenvalue weighted by Crippen LogP contribution is -2.19. The van der Waals surface area contributed by atoms with Crippen molar-refractivity contribution in [2.45, 2.75) is 31.1 Å². The topological polar surface area (TPSA) is 115 Å². The molecule has 1 fully saturated rings. The molecule has 14 heavy (non-hydrogen) atoms. The SMILES string of the molecule is O=P(O)(O)C(CC1CCC1)P(=O)(O)O. The zero-order valence-corrected chi connectivity index (χ0v) is 9.27. The summed E-state index contributed by atoms with van der Waals surface area (Å²) in [5.74, 6) is 0.0558. The number of rotatable bonds is 4. The minimum atomic E-state index is -4.69. The summed E-state index contributed by atoms with van der Waals surface area (Å²) in [6.45, 7) is 0. The van der Waals surface area contributed by atoms with Gasteiger partial charge >= 0.3 is 15.2 Å². The quantitative estimate of drug-likeness (QED) is 0.545. The molecule has 8 heteroatoms. The van der Waals surface area contributed by atoms with Crippen molar-refractivity contribution in [2.75, 3.05) is 0 Å². The van der Waals surface area contributed by atoms with E-state index in [1.165, 1.54) is 0 Å². The van der Waals surface area contributed by atoms with Gasteiger partial charge < -0.3 is 19.6 Å². The lowest BCUT2D eigenvalue weighted by Gasteiger charge is -2.30. The molecule has 0 aliphatic heterocycles. The van der Waals surface area contributed by atoms with Crippen LogP contribution in [0.25, 0.3) is 0 Å². The summed E-state index contributed by atoms with van der Waals surface area (Å²) >= 11 is 0. The first-order valence-corrected chi connectivity index (χ1v) is 7.68. The molecule has 0 aromatic rings. The Hall–Kier alpha value is 0.300. The van der Waals surface area contributed by atoms with Crippen LogP contribution in [0.15, 0.2) is 0 Å². The Morgan fingerprint density at radius 3 is 1.71 bits per heavy atom. The first-order chi connectivity index (χ1) is 6.21. The van der Waals surface area contributed by atoms with Crippen LogP contribution in [0.2, 0.25) is 0 Å². The maximum Gasteiger partial charge on any atom is 0.340 e. The Labute approximate surface area is 81.7 Å². The van der Waals surface area contributed by atoms with Crippen LogP contribution < -0.4 is 0 Å². The predicted octanol–water partition coefficient (Wildman–Crippen LogP) is 0.858. The average molecular weight is 244 g/mol. The maximum atomic E-state index is 10.9. The number of hydrogen-bond donors (Lipinski definition) is 4. The third-order valence-corrected chi connectivity index (χ3v) is 6.33. The second-order valence-corrected chi connectivity index (χ2v) is 7.70. The molecule has 1 aliphatic rings. The van der Waals surface area contributed by atoms with Gasteiger partial charge in [0.15, 0.2) is 5.40 Å². The van der Waals surface area contributed by atoms with E-state index in [4.69, 9.17) is 19.6 Å². The van der Waals surface area contributed by atoms with Crippen LogP contribution >= 0.6 is 15.2 Å². The molecule has 0 spiro atoms. The Balaban J connectivity index is 2.72. The molecule has 6 nitrogen and oxygen atoms in total. The van der Waals surface area contributed by atoms with Crippen molar-refractivity contribution in [3.63, 3.8) is 0 Å². The third kappa shape index (κ3) is 3.16. The van der Waals surface area contributed by atoms with Gasteiger partial charge in [-0.15, -0.1) is 0 Å². The number of hydrogen-bond acceptors (Lipinski definition) is 2. The molecule has 0 aromatic heterocycles. The van der Waals surface area contributed by atoms with E-state index in [1.54, 1.807) is 0 Å². The Kier molecular flexibility index (Phi) is 3.58. The van der Waals surface area contributed by atoms with E-state index < -0.39 is 20.6 Å². The smallest absolute Gasteiger partial charge is 0.324 e. The highest BCUT2D eigenvalue weighted by atomic mass is 31.2. The Morgan fingerprint density at radius 1 is 1.07 bits per heavy atom. The molecule has 1 saturated carbocycles. The van der Waals surface area contributed by atoms with Gasteiger partial charge in [0.05, 0.1) is 0 Å². The zero-order chi connectivity index (χ0) is 11.0. The Morgan fingerprint density at radius 2 is 1.50 bits per heavy atom. The van der Waals surface area contributed by atoms with Gasteiger partial charge in [-0.25, -0.2) is 0 Å². The van der Waals surface area contributed by atoms with E-state index in [9.17, 15) is 9.13 Å². The molecule has 1 rings (SSSR count). The molecular formula is C6H14O6P2. The van der Waals surface area contributed by atoms with E-state index in [0.29, 0.717) is 0 Å². The molecule has 1 aliphatic carbocycles. The predicted molar refractivity (Wildman–Crippen MR) is 49.8 cm³/mol. The molecule has 0 unspecified atom stereocenters. The van der Waals surface area contributed by atoms with Gasteiger partial charge in [-0.2, -0.15) is 0 Å². The highest BCUT2D eigenvalue weighted by Crippen LogP contribution is 2.62. The van der Waals surface area contributed by atoms with Gasteiger partial charge in [0.25, 0.3) is 0 Å². The van der Waals surface area contributed by atoms with Crippen molar-refractivity contribution >= 4 is 15.2 Å². The van der Waals surface area contributed by atoms with E-state index in [0.717, 1.165) is 19.3 Å². The summed E-state index contributed by atoms with van der Waals surface area (Å²) in [7, 11) is -9.39. The summed E-state index contributed by atoms with van der Waals surface area (Å²) in [5, 5.41) is -1.81. The van der Waals surface area contributed by atoms with Crippen LogP contribution in [0.3, 0.4) is 0 Å². The van der Waals surface area contributed by atoms with E-state index in [-0.39, 0.29) is 12.3 Å². The fourth-order valence-electron chi connectivity index (χ4n) is 1.50. The van der Waals surface area contributed by atoms with Gasteiger partial charge in [-0.3, -0.25) is 9.13 Å². The monoisotopic (exact) mass is 244 g/mol. The van der Waals surface area contributed by atoms with Crippen molar-refractivity contribution in [1.29, 1.82) is 0 Å². The molecule has 0 radical (unpaired) electrons. The molecule has 0 bridgehead atoms. The van der Waals surface area contributed by atoms with Crippen LogP contribution in [0.4, 0.5) is 0 Å². The molecule has 0 aromatic carbocycles. The van der Waals surface area contributed by atoms with Crippen molar-refractivity contribution in [3.05, 3.63) is 0 Å². The molecular weight excluding hydrogens is 230 g/mol. The lowest BCUT2D eigenvalue weighted by atomic mass is 9.83.